The Bertz CT molecular complexity index is 667. The third-order valence-electron chi connectivity index (χ3n) is 3.15. The van der Waals surface area contributed by atoms with Gasteiger partial charge in [-0.2, -0.15) is 13.2 Å². The molecule has 2 rings (SSSR count). The molecule has 0 aliphatic rings. The van der Waals surface area contributed by atoms with E-state index in [1.165, 1.54) is 19.1 Å². The van der Waals surface area contributed by atoms with Gasteiger partial charge < -0.3 is 5.11 Å². The molecule has 1 unspecified atom stereocenters. The van der Waals surface area contributed by atoms with Crippen LogP contribution in [0.5, 0.6) is 0 Å². The normalized spacial score (nSPS) is 13.3. The summed E-state index contributed by atoms with van der Waals surface area (Å²) in [6, 6.07) is 6.52. The Labute approximate surface area is 123 Å². The summed E-state index contributed by atoms with van der Waals surface area (Å²) < 4.78 is 50.8. The zero-order valence-corrected chi connectivity index (χ0v) is 11.6. The standard InChI is InChI=1S/C15H11ClF4O/c1-8-6-9(15(18,19)20)2-4-11(8)14(21)12-5-3-10(17)7-13(12)16/h2-7,14,21H,1H3. The molecule has 2 aromatic rings. The summed E-state index contributed by atoms with van der Waals surface area (Å²) in [7, 11) is 0. The number of halogens is 5. The number of aryl methyl sites for hydroxylation is 1. The van der Waals surface area contributed by atoms with E-state index in [0.717, 1.165) is 24.3 Å². The molecule has 0 saturated carbocycles. The van der Waals surface area contributed by atoms with Crippen molar-refractivity contribution in [2.24, 2.45) is 0 Å². The Kier molecular flexibility index (Phi) is 4.25. The molecule has 0 saturated heterocycles. The Morgan fingerprint density at radius 2 is 1.67 bits per heavy atom. The van der Waals surface area contributed by atoms with Crippen molar-refractivity contribution in [1.82, 2.24) is 0 Å². The van der Waals surface area contributed by atoms with Crippen LogP contribution in [0.25, 0.3) is 0 Å². The maximum atomic E-state index is 13.0. The lowest BCUT2D eigenvalue weighted by molar-refractivity contribution is -0.137. The van der Waals surface area contributed by atoms with Gasteiger partial charge >= 0.3 is 6.18 Å². The second kappa shape index (κ2) is 5.66. The number of benzene rings is 2. The SMILES string of the molecule is Cc1cc(C(F)(F)F)ccc1C(O)c1ccc(F)cc1Cl. The predicted octanol–water partition coefficient (Wildman–Crippen LogP) is 4.89. The van der Waals surface area contributed by atoms with Crippen LogP contribution in [0.2, 0.25) is 5.02 Å². The van der Waals surface area contributed by atoms with Gasteiger partial charge in [0.1, 0.15) is 11.9 Å². The molecule has 6 heteroatoms. The highest BCUT2D eigenvalue weighted by molar-refractivity contribution is 6.31. The van der Waals surface area contributed by atoms with Gasteiger partial charge in [0.15, 0.2) is 0 Å². The minimum Gasteiger partial charge on any atom is -0.384 e. The smallest absolute Gasteiger partial charge is 0.384 e. The molecule has 0 amide bonds. The average molecular weight is 319 g/mol. The highest BCUT2D eigenvalue weighted by Crippen LogP contribution is 2.34. The summed E-state index contributed by atoms with van der Waals surface area (Å²) in [5, 5.41) is 10.3. The molecule has 0 fully saturated rings. The van der Waals surface area contributed by atoms with Crippen molar-refractivity contribution in [2.75, 3.05) is 0 Å². The van der Waals surface area contributed by atoms with E-state index < -0.39 is 23.7 Å². The third-order valence-corrected chi connectivity index (χ3v) is 3.48. The van der Waals surface area contributed by atoms with E-state index in [1.807, 2.05) is 0 Å². The van der Waals surface area contributed by atoms with Gasteiger partial charge in [0.25, 0.3) is 0 Å². The van der Waals surface area contributed by atoms with Crippen LogP contribution in [0.3, 0.4) is 0 Å². The average Bonchev–Trinajstić information content (AvgIpc) is 2.36. The minimum atomic E-state index is -4.44. The molecule has 1 N–H and O–H groups in total. The lowest BCUT2D eigenvalue weighted by Gasteiger charge is -2.17. The molecule has 0 spiro atoms. The monoisotopic (exact) mass is 318 g/mol. The van der Waals surface area contributed by atoms with Crippen molar-refractivity contribution >= 4 is 11.6 Å². The Morgan fingerprint density at radius 1 is 1.05 bits per heavy atom. The molecule has 0 aliphatic heterocycles. The fourth-order valence-electron chi connectivity index (χ4n) is 2.05. The van der Waals surface area contributed by atoms with Crippen LogP contribution in [-0.4, -0.2) is 5.11 Å². The van der Waals surface area contributed by atoms with Crippen LogP contribution in [0.4, 0.5) is 17.6 Å². The fourth-order valence-corrected chi connectivity index (χ4v) is 2.32. The van der Waals surface area contributed by atoms with Gasteiger partial charge in [-0.05, 0) is 42.3 Å². The number of aliphatic hydroxyl groups is 1. The first-order valence-electron chi connectivity index (χ1n) is 6.01. The first-order chi connectivity index (χ1) is 9.70. The lowest BCUT2D eigenvalue weighted by Crippen LogP contribution is -2.08. The number of hydrogen-bond acceptors (Lipinski definition) is 1. The van der Waals surface area contributed by atoms with Crippen LogP contribution in [-0.2, 0) is 6.18 Å². The Balaban J connectivity index is 2.42. The van der Waals surface area contributed by atoms with Crippen molar-refractivity contribution in [1.29, 1.82) is 0 Å². The largest absolute Gasteiger partial charge is 0.416 e. The first-order valence-corrected chi connectivity index (χ1v) is 6.38. The number of aliphatic hydroxyl groups excluding tert-OH is 1. The number of hydrogen-bond donors (Lipinski definition) is 1. The van der Waals surface area contributed by atoms with Gasteiger partial charge in [-0.3, -0.25) is 0 Å². The molecule has 21 heavy (non-hydrogen) atoms. The van der Waals surface area contributed by atoms with Crippen molar-refractivity contribution in [3.8, 4) is 0 Å². The molecule has 112 valence electrons. The summed E-state index contributed by atoms with van der Waals surface area (Å²) >= 11 is 5.85. The van der Waals surface area contributed by atoms with Crippen LogP contribution in [0.1, 0.15) is 28.4 Å². The van der Waals surface area contributed by atoms with E-state index >= 15 is 0 Å². The van der Waals surface area contributed by atoms with Crippen molar-refractivity contribution in [3.63, 3.8) is 0 Å². The van der Waals surface area contributed by atoms with Crippen LogP contribution in [0, 0.1) is 12.7 Å². The first kappa shape index (κ1) is 15.8. The molecule has 0 bridgehead atoms. The second-order valence-corrected chi connectivity index (χ2v) is 5.04. The zero-order chi connectivity index (χ0) is 15.8. The summed E-state index contributed by atoms with van der Waals surface area (Å²) in [6.45, 7) is 1.46. The third kappa shape index (κ3) is 3.36. The zero-order valence-electron chi connectivity index (χ0n) is 10.9. The molecular weight excluding hydrogens is 308 g/mol. The van der Waals surface area contributed by atoms with Crippen molar-refractivity contribution < 1.29 is 22.7 Å². The van der Waals surface area contributed by atoms with Crippen molar-refractivity contribution in [2.45, 2.75) is 19.2 Å². The molecule has 1 nitrogen and oxygen atoms in total. The van der Waals surface area contributed by atoms with Gasteiger partial charge in [0.05, 0.1) is 5.56 Å². The molecule has 0 aromatic heterocycles. The summed E-state index contributed by atoms with van der Waals surface area (Å²) in [6.07, 6.45) is -5.66. The Hall–Kier alpha value is -1.59. The summed E-state index contributed by atoms with van der Waals surface area (Å²) in [4.78, 5) is 0. The predicted molar refractivity (Wildman–Crippen MR) is 71.7 cm³/mol. The lowest BCUT2D eigenvalue weighted by atomic mass is 9.95. The van der Waals surface area contributed by atoms with Crippen molar-refractivity contribution in [3.05, 3.63) is 69.5 Å². The molecule has 1 atom stereocenters. The van der Waals surface area contributed by atoms with Crippen LogP contribution in [0.15, 0.2) is 36.4 Å². The van der Waals surface area contributed by atoms with E-state index in [9.17, 15) is 22.7 Å². The van der Waals surface area contributed by atoms with E-state index in [0.29, 0.717) is 0 Å². The minimum absolute atomic E-state index is 0.0156. The van der Waals surface area contributed by atoms with Gasteiger partial charge in [0.2, 0.25) is 0 Å². The molecule has 2 aromatic carbocycles. The molecule has 0 radical (unpaired) electrons. The van der Waals surface area contributed by atoms with E-state index in [4.69, 9.17) is 11.6 Å². The summed E-state index contributed by atoms with van der Waals surface area (Å²) in [5.41, 5.74) is 0.0105. The number of alkyl halides is 3. The van der Waals surface area contributed by atoms with E-state index in [2.05, 4.69) is 0 Å². The van der Waals surface area contributed by atoms with Gasteiger partial charge in [-0.25, -0.2) is 4.39 Å². The fraction of sp³-hybridized carbons (Fsp3) is 0.200. The van der Waals surface area contributed by atoms with Gasteiger partial charge in [0, 0.05) is 10.6 Å². The van der Waals surface area contributed by atoms with E-state index in [1.54, 1.807) is 0 Å². The maximum Gasteiger partial charge on any atom is 0.416 e. The number of rotatable bonds is 2. The molecule has 0 aliphatic carbocycles. The van der Waals surface area contributed by atoms with Gasteiger partial charge in [-0.15, -0.1) is 0 Å². The topological polar surface area (TPSA) is 20.2 Å². The maximum absolute atomic E-state index is 13.0. The summed E-state index contributed by atoms with van der Waals surface area (Å²) in [5.74, 6) is -0.555. The molecular formula is C15H11ClF4O. The van der Waals surface area contributed by atoms with Gasteiger partial charge in [-0.1, -0.05) is 23.7 Å². The molecule has 0 heterocycles. The quantitative estimate of drug-likeness (QED) is 0.782. The van der Waals surface area contributed by atoms with Crippen LogP contribution >= 0.6 is 11.6 Å². The highest BCUT2D eigenvalue weighted by Gasteiger charge is 2.31. The van der Waals surface area contributed by atoms with E-state index in [-0.39, 0.29) is 21.7 Å². The van der Waals surface area contributed by atoms with Crippen LogP contribution < -0.4 is 0 Å². The Morgan fingerprint density at radius 3 is 2.19 bits per heavy atom. The highest BCUT2D eigenvalue weighted by atomic mass is 35.5. The second-order valence-electron chi connectivity index (χ2n) is 4.64.